The van der Waals surface area contributed by atoms with E-state index in [4.69, 9.17) is 0 Å². The fraction of sp³-hybridized carbons (Fsp3) is 0.455. The lowest BCUT2D eigenvalue weighted by molar-refractivity contribution is 0.817. The molecule has 0 bridgehead atoms. The third-order valence-electron chi connectivity index (χ3n) is 4.83. The highest BCUT2D eigenvalue weighted by molar-refractivity contribution is 5.46. The molecule has 0 N–H and O–H groups in total. The van der Waals surface area contributed by atoms with Crippen molar-refractivity contribution in [2.24, 2.45) is 0 Å². The van der Waals surface area contributed by atoms with Crippen LogP contribution in [0.15, 0.2) is 36.4 Å². The Hall–Kier alpha value is -1.56. The Kier molecular flexibility index (Phi) is 5.83. The van der Waals surface area contributed by atoms with E-state index >= 15 is 0 Å². The predicted octanol–water partition coefficient (Wildman–Crippen LogP) is 6.36. The molecular weight excluding hydrogens is 264 g/mol. The Morgan fingerprint density at radius 1 is 0.727 bits per heavy atom. The molecule has 22 heavy (non-hydrogen) atoms. The van der Waals surface area contributed by atoms with Crippen LogP contribution in [0.1, 0.15) is 72.9 Å². The molecule has 0 atom stereocenters. The van der Waals surface area contributed by atoms with E-state index in [1.165, 1.54) is 47.9 Å². The second kappa shape index (κ2) is 7.63. The number of aryl methyl sites for hydroxylation is 2. The van der Waals surface area contributed by atoms with E-state index in [9.17, 15) is 0 Å². The van der Waals surface area contributed by atoms with Crippen molar-refractivity contribution < 1.29 is 0 Å². The molecule has 118 valence electrons. The van der Waals surface area contributed by atoms with Crippen molar-refractivity contribution in [2.75, 3.05) is 0 Å². The molecule has 0 nitrogen and oxygen atoms in total. The Morgan fingerprint density at radius 3 is 1.50 bits per heavy atom. The molecule has 0 unspecified atom stereocenters. The van der Waals surface area contributed by atoms with Gasteiger partial charge in [0.05, 0.1) is 0 Å². The van der Waals surface area contributed by atoms with E-state index in [-0.39, 0.29) is 0 Å². The van der Waals surface area contributed by atoms with Gasteiger partial charge in [-0.1, -0.05) is 70.0 Å². The van der Waals surface area contributed by atoms with Crippen molar-refractivity contribution in [1.82, 2.24) is 0 Å². The first kappa shape index (κ1) is 16.8. The standard InChI is InChI=1S/C22H30/c1-6-10-19-16(3)12-8-14-21(19)18(5)22-15-9-13-17(4)20(22)11-7-2/h8-9,12-15,18H,6-7,10-11H2,1-5H3. The van der Waals surface area contributed by atoms with Crippen LogP contribution in [0.4, 0.5) is 0 Å². The van der Waals surface area contributed by atoms with Gasteiger partial charge in [-0.3, -0.25) is 0 Å². The van der Waals surface area contributed by atoms with E-state index < -0.39 is 0 Å². The van der Waals surface area contributed by atoms with Crippen molar-refractivity contribution in [2.45, 2.75) is 66.2 Å². The van der Waals surface area contributed by atoms with E-state index in [0.29, 0.717) is 5.92 Å². The van der Waals surface area contributed by atoms with Crippen molar-refractivity contribution >= 4 is 0 Å². The van der Waals surface area contributed by atoms with Gasteiger partial charge in [0, 0.05) is 5.92 Å². The second-order valence-corrected chi connectivity index (χ2v) is 6.51. The largest absolute Gasteiger partial charge is 0.0651 e. The Labute approximate surface area is 136 Å². The molecule has 0 fully saturated rings. The van der Waals surface area contributed by atoms with E-state index in [1.807, 2.05) is 0 Å². The van der Waals surface area contributed by atoms with Gasteiger partial charge in [0.25, 0.3) is 0 Å². The fourth-order valence-electron chi connectivity index (χ4n) is 3.61. The average molecular weight is 294 g/mol. The van der Waals surface area contributed by atoms with E-state index in [2.05, 4.69) is 71.0 Å². The first-order valence-electron chi connectivity index (χ1n) is 8.76. The zero-order valence-electron chi connectivity index (χ0n) is 14.9. The predicted molar refractivity (Wildman–Crippen MR) is 97.9 cm³/mol. The minimum atomic E-state index is 0.475. The van der Waals surface area contributed by atoms with E-state index in [1.54, 1.807) is 11.1 Å². The molecule has 0 aliphatic rings. The van der Waals surface area contributed by atoms with Crippen LogP contribution in [0.2, 0.25) is 0 Å². The molecule has 2 rings (SSSR count). The highest BCUT2D eigenvalue weighted by atomic mass is 14.2. The highest BCUT2D eigenvalue weighted by Crippen LogP contribution is 2.33. The fourth-order valence-corrected chi connectivity index (χ4v) is 3.61. The van der Waals surface area contributed by atoms with Gasteiger partial charge in [-0.05, 0) is 60.1 Å². The smallest absolute Gasteiger partial charge is 0.00666 e. The molecule has 0 aliphatic carbocycles. The third-order valence-corrected chi connectivity index (χ3v) is 4.83. The van der Waals surface area contributed by atoms with Gasteiger partial charge in [-0.25, -0.2) is 0 Å². The molecule has 0 heteroatoms. The van der Waals surface area contributed by atoms with Crippen molar-refractivity contribution in [3.8, 4) is 0 Å². The molecule has 0 radical (unpaired) electrons. The quantitative estimate of drug-likeness (QED) is 0.581. The first-order chi connectivity index (χ1) is 10.6. The molecule has 0 amide bonds. The van der Waals surface area contributed by atoms with Gasteiger partial charge in [-0.2, -0.15) is 0 Å². The Bertz CT molecular complexity index is 566. The topological polar surface area (TPSA) is 0 Å². The molecule has 2 aromatic rings. The SMILES string of the molecule is CCCc1c(C)cccc1C(C)c1cccc(C)c1CCC. The van der Waals surface area contributed by atoms with Crippen LogP contribution >= 0.6 is 0 Å². The molecule has 2 aromatic carbocycles. The molecule has 0 aliphatic heterocycles. The maximum Gasteiger partial charge on any atom is 0.00666 e. The molecule has 0 saturated carbocycles. The van der Waals surface area contributed by atoms with Gasteiger partial charge in [-0.15, -0.1) is 0 Å². The normalized spacial score (nSPS) is 11.2. The molecule has 0 spiro atoms. The highest BCUT2D eigenvalue weighted by Gasteiger charge is 2.17. The summed E-state index contributed by atoms with van der Waals surface area (Å²) in [5.41, 5.74) is 9.03. The summed E-state index contributed by atoms with van der Waals surface area (Å²) in [4.78, 5) is 0. The zero-order chi connectivity index (χ0) is 16.1. The summed E-state index contributed by atoms with van der Waals surface area (Å²) < 4.78 is 0. The van der Waals surface area contributed by atoms with Crippen LogP contribution in [0.25, 0.3) is 0 Å². The summed E-state index contributed by atoms with van der Waals surface area (Å²) in [5.74, 6) is 0.475. The van der Waals surface area contributed by atoms with E-state index in [0.717, 1.165) is 0 Å². The summed E-state index contributed by atoms with van der Waals surface area (Å²) >= 11 is 0. The van der Waals surface area contributed by atoms with Gasteiger partial charge in [0.2, 0.25) is 0 Å². The average Bonchev–Trinajstić information content (AvgIpc) is 2.51. The Morgan fingerprint density at radius 2 is 1.14 bits per heavy atom. The van der Waals surface area contributed by atoms with Gasteiger partial charge < -0.3 is 0 Å². The maximum atomic E-state index is 2.38. The van der Waals surface area contributed by atoms with Crippen LogP contribution in [0.5, 0.6) is 0 Å². The van der Waals surface area contributed by atoms with Crippen LogP contribution in [-0.4, -0.2) is 0 Å². The number of rotatable bonds is 6. The summed E-state index contributed by atoms with van der Waals surface area (Å²) in [6.45, 7) is 11.4. The van der Waals surface area contributed by atoms with Crippen LogP contribution in [0, 0.1) is 13.8 Å². The summed E-state index contributed by atoms with van der Waals surface area (Å²) in [6.07, 6.45) is 4.78. The van der Waals surface area contributed by atoms with Gasteiger partial charge >= 0.3 is 0 Å². The van der Waals surface area contributed by atoms with Crippen molar-refractivity contribution in [3.05, 3.63) is 69.8 Å². The van der Waals surface area contributed by atoms with Gasteiger partial charge in [0.15, 0.2) is 0 Å². The second-order valence-electron chi connectivity index (χ2n) is 6.51. The lowest BCUT2D eigenvalue weighted by atomic mass is 9.82. The number of benzene rings is 2. The van der Waals surface area contributed by atoms with Crippen LogP contribution < -0.4 is 0 Å². The first-order valence-corrected chi connectivity index (χ1v) is 8.76. The van der Waals surface area contributed by atoms with Crippen LogP contribution in [-0.2, 0) is 12.8 Å². The maximum absolute atomic E-state index is 2.38. The molecule has 0 aromatic heterocycles. The third kappa shape index (κ3) is 3.43. The van der Waals surface area contributed by atoms with Crippen molar-refractivity contribution in [1.29, 1.82) is 0 Å². The Balaban J connectivity index is 2.51. The molecular formula is C22H30. The summed E-state index contributed by atoms with van der Waals surface area (Å²) in [5, 5.41) is 0. The van der Waals surface area contributed by atoms with Crippen LogP contribution in [0.3, 0.4) is 0 Å². The van der Waals surface area contributed by atoms with Gasteiger partial charge in [0.1, 0.15) is 0 Å². The number of hydrogen-bond donors (Lipinski definition) is 0. The molecule has 0 saturated heterocycles. The lowest BCUT2D eigenvalue weighted by Crippen LogP contribution is -2.07. The zero-order valence-corrected chi connectivity index (χ0v) is 14.9. The minimum Gasteiger partial charge on any atom is -0.0651 e. The summed E-state index contributed by atoms with van der Waals surface area (Å²) in [7, 11) is 0. The van der Waals surface area contributed by atoms with Crippen molar-refractivity contribution in [3.63, 3.8) is 0 Å². The minimum absolute atomic E-state index is 0.475. The monoisotopic (exact) mass is 294 g/mol. The lowest BCUT2D eigenvalue weighted by Gasteiger charge is -2.22. The number of hydrogen-bond acceptors (Lipinski definition) is 0. The molecule has 0 heterocycles. The summed E-state index contributed by atoms with van der Waals surface area (Å²) in [6, 6.07) is 13.6.